The number of carbonyl (C=O) groups excluding carboxylic acids is 1. The number of amides is 1. The second kappa shape index (κ2) is 13.3. The third kappa shape index (κ3) is 6.87. The minimum absolute atomic E-state index is 0.0129. The SMILES string of the molecule is COc1ccc(-c2ccc(C(=O)O)cc2C)cc1-c1cnc(-n2ccnc2C)nc1CN1C(=O)O[C@H](c2cc(C(F)(F)F)cc(C(F)(F)F)c2)[C@@H]1C. The normalized spacial score (nSPS) is 16.3. The Kier molecular flexibility index (Phi) is 9.19. The second-order valence-corrected chi connectivity index (χ2v) is 12.1. The van der Waals surface area contributed by atoms with Gasteiger partial charge < -0.3 is 14.6 Å². The van der Waals surface area contributed by atoms with Gasteiger partial charge in [-0.15, -0.1) is 0 Å². The molecule has 6 rings (SSSR count). The van der Waals surface area contributed by atoms with Crippen LogP contribution in [0, 0.1) is 13.8 Å². The first-order valence-electron chi connectivity index (χ1n) is 15.6. The maximum absolute atomic E-state index is 13.7. The monoisotopic (exact) mass is 725 g/mol. The maximum atomic E-state index is 13.7. The Bertz CT molecular complexity index is 2170. The first-order chi connectivity index (χ1) is 24.5. The van der Waals surface area contributed by atoms with Crippen LogP contribution in [0.3, 0.4) is 0 Å². The summed E-state index contributed by atoms with van der Waals surface area (Å²) in [6, 6.07) is 10.0. The molecule has 1 saturated heterocycles. The number of rotatable bonds is 8. The molecule has 0 saturated carbocycles. The van der Waals surface area contributed by atoms with E-state index < -0.39 is 53.3 Å². The summed E-state index contributed by atoms with van der Waals surface area (Å²) in [4.78, 5) is 39.5. The van der Waals surface area contributed by atoms with Crippen LogP contribution in [0.15, 0.2) is 73.2 Å². The number of benzene rings is 3. The first kappa shape index (κ1) is 35.9. The van der Waals surface area contributed by atoms with E-state index in [0.29, 0.717) is 46.0 Å². The molecule has 10 nitrogen and oxygen atoms in total. The number of alkyl halides is 6. The summed E-state index contributed by atoms with van der Waals surface area (Å²) in [6.07, 6.45) is -7.99. The van der Waals surface area contributed by atoms with E-state index in [1.165, 1.54) is 43.5 Å². The number of aromatic nitrogens is 4. The van der Waals surface area contributed by atoms with Gasteiger partial charge in [0.15, 0.2) is 0 Å². The van der Waals surface area contributed by atoms with Crippen LogP contribution in [-0.2, 0) is 23.6 Å². The number of aryl methyl sites for hydroxylation is 2. The number of methoxy groups -OCH3 is 1. The van der Waals surface area contributed by atoms with Crippen LogP contribution in [0.25, 0.3) is 28.2 Å². The Balaban J connectivity index is 1.45. The van der Waals surface area contributed by atoms with E-state index in [2.05, 4.69) is 9.97 Å². The fourth-order valence-electron chi connectivity index (χ4n) is 6.13. The number of carboxylic acids is 1. The van der Waals surface area contributed by atoms with Gasteiger partial charge in [-0.1, -0.05) is 12.1 Å². The predicted molar refractivity (Wildman–Crippen MR) is 174 cm³/mol. The number of carbonyl (C=O) groups is 2. The molecule has 270 valence electrons. The number of halogens is 6. The lowest BCUT2D eigenvalue weighted by molar-refractivity contribution is -0.143. The first-order valence-corrected chi connectivity index (χ1v) is 15.6. The zero-order valence-corrected chi connectivity index (χ0v) is 27.9. The molecule has 1 amide bonds. The molecule has 1 aliphatic heterocycles. The van der Waals surface area contributed by atoms with Gasteiger partial charge in [0, 0.05) is 29.7 Å². The number of carboxylic acid groups (broad SMARTS) is 1. The van der Waals surface area contributed by atoms with Crippen molar-refractivity contribution in [2.24, 2.45) is 0 Å². The van der Waals surface area contributed by atoms with Crippen molar-refractivity contribution >= 4 is 12.1 Å². The Morgan fingerprint density at radius 2 is 1.62 bits per heavy atom. The van der Waals surface area contributed by atoms with E-state index in [-0.39, 0.29) is 29.8 Å². The molecule has 16 heteroatoms. The van der Waals surface area contributed by atoms with Crippen LogP contribution in [0.1, 0.15) is 57.2 Å². The summed E-state index contributed by atoms with van der Waals surface area (Å²) in [7, 11) is 1.45. The van der Waals surface area contributed by atoms with E-state index in [4.69, 9.17) is 14.5 Å². The predicted octanol–water partition coefficient (Wildman–Crippen LogP) is 8.44. The molecule has 0 unspecified atom stereocenters. The lowest BCUT2D eigenvalue weighted by Gasteiger charge is -2.23. The van der Waals surface area contributed by atoms with Crippen LogP contribution in [0.4, 0.5) is 31.1 Å². The van der Waals surface area contributed by atoms with Crippen molar-refractivity contribution < 1.29 is 50.5 Å². The standard InChI is InChI=1S/C36H29F6N5O5/c1-18-11-22(32(48)49)5-7-26(18)21-6-8-30(51-4)27(14-21)28-16-44-33(46-10-9-43-20(46)3)45-29(28)17-47-19(2)31(52-34(47)50)23-12-24(35(37,38)39)15-25(13-23)36(40,41)42/h5-16,19,31H,17H2,1-4H3,(H,48,49)/t19-,31-/m0/s1. The lowest BCUT2D eigenvalue weighted by atomic mass is 9.94. The number of aromatic carboxylic acids is 1. The Morgan fingerprint density at radius 1 is 0.923 bits per heavy atom. The fourth-order valence-corrected chi connectivity index (χ4v) is 6.13. The fraction of sp³-hybridized carbons (Fsp3) is 0.250. The molecule has 1 fully saturated rings. The van der Waals surface area contributed by atoms with Gasteiger partial charge in [0.1, 0.15) is 17.7 Å². The summed E-state index contributed by atoms with van der Waals surface area (Å²) in [6.45, 7) is 4.65. The quantitative estimate of drug-likeness (QED) is 0.158. The van der Waals surface area contributed by atoms with E-state index in [9.17, 15) is 41.0 Å². The molecule has 0 radical (unpaired) electrons. The largest absolute Gasteiger partial charge is 0.496 e. The number of imidazole rings is 1. The van der Waals surface area contributed by atoms with Gasteiger partial charge in [-0.25, -0.2) is 24.5 Å². The summed E-state index contributed by atoms with van der Waals surface area (Å²) in [5.74, 6) is 0.0235. The molecule has 52 heavy (non-hydrogen) atoms. The van der Waals surface area contributed by atoms with Gasteiger partial charge in [-0.05, 0) is 85.5 Å². The highest BCUT2D eigenvalue weighted by atomic mass is 19.4. The van der Waals surface area contributed by atoms with Crippen molar-refractivity contribution in [1.29, 1.82) is 0 Å². The summed E-state index contributed by atoms with van der Waals surface area (Å²) in [5.41, 5.74) is -0.211. The minimum Gasteiger partial charge on any atom is -0.496 e. The van der Waals surface area contributed by atoms with Crippen molar-refractivity contribution in [3.8, 4) is 34.0 Å². The van der Waals surface area contributed by atoms with Gasteiger partial charge in [-0.3, -0.25) is 9.47 Å². The molecule has 0 bridgehead atoms. The third-order valence-corrected chi connectivity index (χ3v) is 8.82. The molecule has 3 heterocycles. The van der Waals surface area contributed by atoms with Gasteiger partial charge >= 0.3 is 24.4 Å². The highest BCUT2D eigenvalue weighted by Gasteiger charge is 2.43. The Morgan fingerprint density at radius 3 is 2.19 bits per heavy atom. The van der Waals surface area contributed by atoms with Crippen molar-refractivity contribution in [2.45, 2.75) is 51.8 Å². The molecule has 0 aliphatic carbocycles. The van der Waals surface area contributed by atoms with Crippen LogP contribution in [0.5, 0.6) is 5.75 Å². The van der Waals surface area contributed by atoms with Crippen LogP contribution >= 0.6 is 0 Å². The number of hydrogen-bond donors (Lipinski definition) is 1. The van der Waals surface area contributed by atoms with E-state index >= 15 is 0 Å². The van der Waals surface area contributed by atoms with Crippen LogP contribution in [-0.4, -0.2) is 54.7 Å². The van der Waals surface area contributed by atoms with Gasteiger partial charge in [0.05, 0.1) is 42.1 Å². The molecule has 2 atom stereocenters. The number of ether oxygens (including phenoxy) is 2. The molecule has 1 aliphatic rings. The van der Waals surface area contributed by atoms with Gasteiger partial charge in [0.25, 0.3) is 0 Å². The van der Waals surface area contributed by atoms with Crippen molar-refractivity contribution in [3.63, 3.8) is 0 Å². The number of hydrogen-bond acceptors (Lipinski definition) is 7. The lowest BCUT2D eigenvalue weighted by Crippen LogP contribution is -2.32. The molecule has 2 aromatic heterocycles. The maximum Gasteiger partial charge on any atom is 0.416 e. The molecular weight excluding hydrogens is 696 g/mol. The number of nitrogens with zero attached hydrogens (tertiary/aromatic N) is 5. The van der Waals surface area contributed by atoms with Crippen molar-refractivity contribution in [1.82, 2.24) is 24.4 Å². The summed E-state index contributed by atoms with van der Waals surface area (Å²) in [5, 5.41) is 9.43. The number of cyclic esters (lactones) is 1. The van der Waals surface area contributed by atoms with E-state index in [1.54, 1.807) is 48.9 Å². The average Bonchev–Trinajstić information content (AvgIpc) is 3.64. The van der Waals surface area contributed by atoms with Gasteiger partial charge in [-0.2, -0.15) is 26.3 Å². The summed E-state index contributed by atoms with van der Waals surface area (Å²) < 4.78 is 94.8. The Hall–Kier alpha value is -5.93. The molecular formula is C36H29F6N5O5. The topological polar surface area (TPSA) is 120 Å². The zero-order chi connectivity index (χ0) is 37.7. The highest BCUT2D eigenvalue weighted by Crippen LogP contribution is 2.42. The minimum atomic E-state index is -5.09. The van der Waals surface area contributed by atoms with Gasteiger partial charge in [0.2, 0.25) is 5.95 Å². The third-order valence-electron chi connectivity index (χ3n) is 8.82. The molecule has 1 N–H and O–H groups in total. The average molecular weight is 726 g/mol. The van der Waals surface area contributed by atoms with E-state index in [0.717, 1.165) is 5.56 Å². The van der Waals surface area contributed by atoms with Crippen LogP contribution in [0.2, 0.25) is 0 Å². The zero-order valence-electron chi connectivity index (χ0n) is 27.9. The van der Waals surface area contributed by atoms with Crippen molar-refractivity contribution in [2.75, 3.05) is 7.11 Å². The highest BCUT2D eigenvalue weighted by molar-refractivity contribution is 5.89. The molecule has 3 aromatic carbocycles. The van der Waals surface area contributed by atoms with Crippen LogP contribution < -0.4 is 4.74 Å². The molecule has 0 spiro atoms. The Labute approximate surface area is 292 Å². The van der Waals surface area contributed by atoms with Crippen molar-refractivity contribution in [3.05, 3.63) is 113 Å². The smallest absolute Gasteiger partial charge is 0.416 e. The second-order valence-electron chi connectivity index (χ2n) is 12.1. The van der Waals surface area contributed by atoms with E-state index in [1.807, 2.05) is 0 Å². The summed E-state index contributed by atoms with van der Waals surface area (Å²) >= 11 is 0. The molecule has 5 aromatic rings.